The van der Waals surface area contributed by atoms with Crippen LogP contribution in [-0.4, -0.2) is 38.7 Å². The van der Waals surface area contributed by atoms with E-state index in [1.807, 2.05) is 48.5 Å². The zero-order chi connectivity index (χ0) is 65.8. The third-order valence-corrected chi connectivity index (χ3v) is 21.8. The lowest BCUT2D eigenvalue weighted by Gasteiger charge is -2.29. The number of hydrogen-bond donors (Lipinski definition) is 2. The van der Waals surface area contributed by atoms with E-state index in [1.54, 1.807) is 28.4 Å². The highest BCUT2D eigenvalue weighted by Gasteiger charge is 2.40. The molecule has 4 aliphatic carbocycles. The van der Waals surface area contributed by atoms with E-state index in [-0.39, 0.29) is 13.2 Å². The fourth-order valence-electron chi connectivity index (χ4n) is 15.8. The normalized spacial score (nSPS) is 19.7. The Morgan fingerprint density at radius 3 is 0.750 bits per heavy atom. The first-order valence-electron chi connectivity index (χ1n) is 33.6. The zero-order valence-corrected chi connectivity index (χ0v) is 58.6. The van der Waals surface area contributed by atoms with E-state index in [1.165, 1.54) is 155 Å². The summed E-state index contributed by atoms with van der Waals surface area (Å²) in [7, 11) is 6.84. The topological polar surface area (TPSA) is 77.4 Å². The molecule has 0 aliphatic heterocycles. The van der Waals surface area contributed by atoms with Crippen molar-refractivity contribution in [2.24, 2.45) is 21.7 Å². The van der Waals surface area contributed by atoms with Gasteiger partial charge in [-0.25, -0.2) is 0 Å². The summed E-state index contributed by atoms with van der Waals surface area (Å²) in [5.74, 6) is 6.96. The molecule has 8 aromatic carbocycles. The van der Waals surface area contributed by atoms with Crippen LogP contribution in [0.3, 0.4) is 0 Å². The predicted molar refractivity (Wildman–Crippen MR) is 386 cm³/mol. The van der Waals surface area contributed by atoms with Gasteiger partial charge >= 0.3 is 0 Å². The van der Waals surface area contributed by atoms with E-state index in [0.29, 0.717) is 57.1 Å². The second-order valence-corrected chi connectivity index (χ2v) is 29.5. The Hall–Kier alpha value is -6.54. The van der Waals surface area contributed by atoms with Gasteiger partial charge in [0.1, 0.15) is 23.0 Å². The average Bonchev–Trinajstić information content (AvgIpc) is 1.49. The molecule has 0 aromatic heterocycles. The number of aliphatic hydroxyl groups excluding tert-OH is 2. The van der Waals surface area contributed by atoms with E-state index in [2.05, 4.69) is 177 Å². The van der Waals surface area contributed by atoms with Gasteiger partial charge in [0, 0.05) is 11.8 Å². The summed E-state index contributed by atoms with van der Waals surface area (Å²) in [4.78, 5) is 0. The number of rotatable bonds is 16. The van der Waals surface area contributed by atoms with Crippen LogP contribution in [0, 0.1) is 21.7 Å². The minimum atomic E-state index is 0.0958. The average molecular weight is 1280 g/mol. The molecule has 0 saturated heterocycles. The van der Waals surface area contributed by atoms with Gasteiger partial charge in [0.15, 0.2) is 0 Å². The van der Waals surface area contributed by atoms with Gasteiger partial charge < -0.3 is 29.2 Å². The molecule has 0 radical (unpaired) electrons. The minimum absolute atomic E-state index is 0.0958. The Kier molecular flexibility index (Phi) is 23.6. The SMILES string of the molecule is COc1cccc(-c2ccc(CCl)cc2[C@@H]2CCCC2(C)C)c1.COc1cccc(-c2ccc(CCl)cc2[C@H]2CCCC2(C)C)c1.COc1cccc(-c2ccc(CO)cc2[C@@H]2CCCC2(C)C)c1.COc1cccc(-c2ccc(CO)cc2[C@H]2CCCC2(C)C)c1. The molecule has 4 atom stereocenters. The van der Waals surface area contributed by atoms with Crippen LogP contribution < -0.4 is 18.9 Å². The number of halogens is 2. The molecule has 4 saturated carbocycles. The molecule has 0 unspecified atom stereocenters. The van der Waals surface area contributed by atoms with Gasteiger partial charge in [-0.15, -0.1) is 23.2 Å². The lowest BCUT2D eigenvalue weighted by molar-refractivity contribution is 0.281. The van der Waals surface area contributed by atoms with Crippen LogP contribution in [0.5, 0.6) is 23.0 Å². The molecule has 0 heterocycles. The van der Waals surface area contributed by atoms with Gasteiger partial charge in [-0.1, -0.05) is 202 Å². The Labute approximate surface area is 562 Å². The Morgan fingerprint density at radius 2 is 0.554 bits per heavy atom. The molecule has 0 spiro atoms. The maximum absolute atomic E-state index is 9.56. The molecule has 0 bridgehead atoms. The van der Waals surface area contributed by atoms with Crippen LogP contribution >= 0.6 is 23.2 Å². The van der Waals surface area contributed by atoms with Crippen LogP contribution in [0.25, 0.3) is 44.5 Å². The van der Waals surface area contributed by atoms with E-state index in [0.717, 1.165) is 34.1 Å². The van der Waals surface area contributed by atoms with Gasteiger partial charge in [0.25, 0.3) is 0 Å². The van der Waals surface area contributed by atoms with Crippen molar-refractivity contribution in [2.75, 3.05) is 28.4 Å². The molecule has 6 nitrogen and oxygen atoms in total. The molecule has 4 fully saturated rings. The van der Waals surface area contributed by atoms with Crippen molar-refractivity contribution in [1.82, 2.24) is 0 Å². The third-order valence-electron chi connectivity index (χ3n) is 21.2. The predicted octanol–water partition coefficient (Wildman–Crippen LogP) is 23.1. The molecular formula is C84H102Cl2O6. The Morgan fingerprint density at radius 1 is 0.326 bits per heavy atom. The first-order chi connectivity index (χ1) is 44.2. The molecular weight excluding hydrogens is 1180 g/mol. The van der Waals surface area contributed by atoms with Crippen molar-refractivity contribution < 1.29 is 29.2 Å². The van der Waals surface area contributed by atoms with Crippen LogP contribution in [0.2, 0.25) is 0 Å². The van der Waals surface area contributed by atoms with Gasteiger partial charge in [0.2, 0.25) is 0 Å². The standard InChI is InChI=1S/2C21H25ClO.2C21H26O2/c4*1-21(2)11-5-8-20(21)19-12-15(14-22)9-10-18(19)16-6-4-7-17(13-16)23-3/h2*4,6-7,9-10,12-13,20H,5,8,11,14H2,1-3H3;2*4,6-7,9-10,12-13,20,22H,5,8,11,14H2,1-3H3/t4*20-/m1010/s1. The second kappa shape index (κ2) is 31.1. The Balaban J connectivity index is 0.000000145. The van der Waals surface area contributed by atoms with Gasteiger partial charge in [0.05, 0.1) is 41.7 Å². The minimum Gasteiger partial charge on any atom is -0.497 e. The molecule has 2 N–H and O–H groups in total. The molecule has 8 aromatic rings. The number of alkyl halides is 2. The summed E-state index contributed by atoms with van der Waals surface area (Å²) >= 11 is 12.2. The molecule has 12 rings (SSSR count). The largest absolute Gasteiger partial charge is 0.497 e. The van der Waals surface area contributed by atoms with Crippen LogP contribution in [0.4, 0.5) is 0 Å². The number of aliphatic hydroxyl groups is 2. The summed E-state index contributed by atoms with van der Waals surface area (Å²) in [6.45, 7) is 19.2. The molecule has 8 heteroatoms. The third kappa shape index (κ3) is 16.5. The van der Waals surface area contributed by atoms with Crippen LogP contribution in [0.1, 0.15) is 201 Å². The van der Waals surface area contributed by atoms with Crippen LogP contribution in [-0.2, 0) is 25.0 Å². The number of methoxy groups -OCH3 is 4. The van der Waals surface area contributed by atoms with Gasteiger partial charge in [-0.2, -0.15) is 0 Å². The number of hydrogen-bond acceptors (Lipinski definition) is 6. The lowest BCUT2D eigenvalue weighted by atomic mass is 9.75. The number of ether oxygens (including phenoxy) is 4. The quantitative estimate of drug-likeness (QED) is 0.0939. The maximum atomic E-state index is 9.56. The summed E-state index contributed by atoms with van der Waals surface area (Å²) in [5, 5.41) is 19.1. The van der Waals surface area contributed by atoms with E-state index < -0.39 is 0 Å². The zero-order valence-electron chi connectivity index (χ0n) is 57.1. The maximum Gasteiger partial charge on any atom is 0.119 e. The first-order valence-corrected chi connectivity index (χ1v) is 34.7. The van der Waals surface area contributed by atoms with Gasteiger partial charge in [-0.05, 0) is 234 Å². The molecule has 0 amide bonds. The molecule has 92 heavy (non-hydrogen) atoms. The highest BCUT2D eigenvalue weighted by molar-refractivity contribution is 6.17. The van der Waals surface area contributed by atoms with Crippen molar-refractivity contribution in [3.05, 3.63) is 214 Å². The molecule has 4 aliphatic rings. The van der Waals surface area contributed by atoms with Crippen molar-refractivity contribution >= 4 is 23.2 Å². The fourth-order valence-corrected chi connectivity index (χ4v) is 16.1. The summed E-state index contributed by atoms with van der Waals surface area (Å²) in [5.41, 5.74) is 21.3. The highest BCUT2D eigenvalue weighted by atomic mass is 35.5. The van der Waals surface area contributed by atoms with Crippen molar-refractivity contribution in [1.29, 1.82) is 0 Å². The first kappa shape index (κ1) is 69.8. The summed E-state index contributed by atoms with van der Waals surface area (Å²) in [6, 6.07) is 59.4. The van der Waals surface area contributed by atoms with E-state index in [9.17, 15) is 10.2 Å². The van der Waals surface area contributed by atoms with Crippen molar-refractivity contribution in [3.8, 4) is 67.5 Å². The Bertz CT molecular complexity index is 3240. The smallest absolute Gasteiger partial charge is 0.119 e. The van der Waals surface area contributed by atoms with E-state index in [4.69, 9.17) is 42.1 Å². The van der Waals surface area contributed by atoms with Gasteiger partial charge in [-0.3, -0.25) is 0 Å². The lowest BCUT2D eigenvalue weighted by Crippen LogP contribution is -2.16. The second-order valence-electron chi connectivity index (χ2n) is 28.9. The van der Waals surface area contributed by atoms with E-state index >= 15 is 0 Å². The fraction of sp³-hybridized carbons (Fsp3) is 0.429. The monoisotopic (exact) mass is 1280 g/mol. The van der Waals surface area contributed by atoms with Crippen molar-refractivity contribution in [3.63, 3.8) is 0 Å². The van der Waals surface area contributed by atoms with Crippen LogP contribution in [0.15, 0.2) is 170 Å². The number of benzene rings is 8. The molecule has 488 valence electrons. The highest BCUT2D eigenvalue weighted by Crippen LogP contribution is 2.55. The summed E-state index contributed by atoms with van der Waals surface area (Å²) in [6.07, 6.45) is 15.2. The van der Waals surface area contributed by atoms with Crippen molar-refractivity contribution in [2.45, 2.75) is 181 Å². The summed E-state index contributed by atoms with van der Waals surface area (Å²) < 4.78 is 21.6.